The van der Waals surface area contributed by atoms with Crippen LogP contribution in [0.5, 0.6) is 0 Å². The summed E-state index contributed by atoms with van der Waals surface area (Å²) in [5.41, 5.74) is 5.31. The SMILES string of the molecule is CCC=CC1CCC(c2ccc(-c3ccc(COC)cc3)cc2)CC1. The number of ether oxygens (including phenoxy) is 1. The minimum absolute atomic E-state index is 0.676. The summed E-state index contributed by atoms with van der Waals surface area (Å²) in [6, 6.07) is 17.9. The van der Waals surface area contributed by atoms with Crippen LogP contribution in [0.2, 0.25) is 0 Å². The summed E-state index contributed by atoms with van der Waals surface area (Å²) in [6.07, 6.45) is 11.2. The Bertz CT molecular complexity index is 658. The molecule has 0 radical (unpaired) electrons. The van der Waals surface area contributed by atoms with Crippen molar-refractivity contribution in [1.82, 2.24) is 0 Å². The van der Waals surface area contributed by atoms with E-state index < -0.39 is 0 Å². The van der Waals surface area contributed by atoms with Crippen LogP contribution in [0.4, 0.5) is 0 Å². The molecule has 1 nitrogen and oxygen atoms in total. The zero-order valence-electron chi connectivity index (χ0n) is 15.6. The van der Waals surface area contributed by atoms with E-state index in [1.807, 2.05) is 0 Å². The van der Waals surface area contributed by atoms with Crippen molar-refractivity contribution in [2.45, 2.75) is 51.6 Å². The molecule has 25 heavy (non-hydrogen) atoms. The summed E-state index contributed by atoms with van der Waals surface area (Å²) in [7, 11) is 1.74. The molecule has 0 unspecified atom stereocenters. The minimum atomic E-state index is 0.676. The number of methoxy groups -OCH3 is 1. The summed E-state index contributed by atoms with van der Waals surface area (Å²) >= 11 is 0. The Hall–Kier alpha value is -1.86. The van der Waals surface area contributed by atoms with Gasteiger partial charge in [-0.2, -0.15) is 0 Å². The first-order valence-electron chi connectivity index (χ1n) is 9.65. The lowest BCUT2D eigenvalue weighted by atomic mass is 9.78. The van der Waals surface area contributed by atoms with Gasteiger partial charge in [-0.1, -0.05) is 67.6 Å². The smallest absolute Gasteiger partial charge is 0.0713 e. The number of allylic oxidation sites excluding steroid dienone is 2. The molecule has 1 saturated carbocycles. The average Bonchev–Trinajstić information content (AvgIpc) is 2.68. The van der Waals surface area contributed by atoms with Crippen molar-refractivity contribution in [2.24, 2.45) is 5.92 Å². The van der Waals surface area contributed by atoms with Gasteiger partial charge in [0, 0.05) is 7.11 Å². The predicted molar refractivity (Wildman–Crippen MR) is 107 cm³/mol. The summed E-state index contributed by atoms with van der Waals surface area (Å²) in [5.74, 6) is 1.55. The van der Waals surface area contributed by atoms with Crippen LogP contribution in [0, 0.1) is 5.92 Å². The van der Waals surface area contributed by atoms with Crippen LogP contribution in [-0.4, -0.2) is 7.11 Å². The molecular weight excluding hydrogens is 304 g/mol. The highest BCUT2D eigenvalue weighted by atomic mass is 16.5. The molecule has 0 bridgehead atoms. The number of benzene rings is 2. The van der Waals surface area contributed by atoms with Crippen LogP contribution >= 0.6 is 0 Å². The molecule has 3 rings (SSSR count). The lowest BCUT2D eigenvalue weighted by molar-refractivity contribution is 0.185. The Labute approximate surface area is 152 Å². The molecule has 0 spiro atoms. The minimum Gasteiger partial charge on any atom is -0.380 e. The number of hydrogen-bond acceptors (Lipinski definition) is 1. The molecule has 1 fully saturated rings. The molecule has 0 saturated heterocycles. The second-order valence-electron chi connectivity index (χ2n) is 7.20. The highest BCUT2D eigenvalue weighted by Crippen LogP contribution is 2.37. The van der Waals surface area contributed by atoms with Gasteiger partial charge in [0.25, 0.3) is 0 Å². The van der Waals surface area contributed by atoms with E-state index in [1.165, 1.54) is 47.9 Å². The van der Waals surface area contributed by atoms with E-state index in [-0.39, 0.29) is 0 Å². The lowest BCUT2D eigenvalue weighted by Gasteiger charge is -2.27. The monoisotopic (exact) mass is 334 g/mol. The van der Waals surface area contributed by atoms with E-state index in [0.29, 0.717) is 6.61 Å². The molecule has 2 aromatic rings. The topological polar surface area (TPSA) is 9.23 Å². The van der Waals surface area contributed by atoms with Gasteiger partial charge in [0.2, 0.25) is 0 Å². The standard InChI is InChI=1S/C24H30O/c1-3-4-5-19-6-10-21(11-7-19)23-14-16-24(17-15-23)22-12-8-20(9-13-22)18-25-2/h4-5,8-9,12-17,19,21H,3,6-7,10-11,18H2,1-2H3. The van der Waals surface area contributed by atoms with Gasteiger partial charge in [0.1, 0.15) is 0 Å². The summed E-state index contributed by atoms with van der Waals surface area (Å²) in [5, 5.41) is 0. The fourth-order valence-corrected chi connectivity index (χ4v) is 3.88. The Balaban J connectivity index is 1.61. The van der Waals surface area contributed by atoms with E-state index in [2.05, 4.69) is 67.6 Å². The highest BCUT2D eigenvalue weighted by molar-refractivity contribution is 5.64. The van der Waals surface area contributed by atoms with E-state index in [0.717, 1.165) is 18.3 Å². The molecule has 0 amide bonds. The summed E-state index contributed by atoms with van der Waals surface area (Å²) in [6.45, 7) is 2.89. The molecule has 0 atom stereocenters. The maximum absolute atomic E-state index is 5.18. The highest BCUT2D eigenvalue weighted by Gasteiger charge is 2.20. The van der Waals surface area contributed by atoms with E-state index in [1.54, 1.807) is 7.11 Å². The quantitative estimate of drug-likeness (QED) is 0.531. The van der Waals surface area contributed by atoms with Gasteiger partial charge in [-0.3, -0.25) is 0 Å². The summed E-state index contributed by atoms with van der Waals surface area (Å²) < 4.78 is 5.18. The fraction of sp³-hybridized carbons (Fsp3) is 0.417. The van der Waals surface area contributed by atoms with Crippen LogP contribution in [0.15, 0.2) is 60.7 Å². The zero-order valence-corrected chi connectivity index (χ0v) is 15.6. The summed E-state index contributed by atoms with van der Waals surface area (Å²) in [4.78, 5) is 0. The van der Waals surface area contributed by atoms with Crippen molar-refractivity contribution >= 4 is 0 Å². The van der Waals surface area contributed by atoms with Gasteiger partial charge < -0.3 is 4.74 Å². The number of rotatable bonds is 6. The molecule has 2 aromatic carbocycles. The van der Waals surface area contributed by atoms with Crippen LogP contribution in [-0.2, 0) is 11.3 Å². The fourth-order valence-electron chi connectivity index (χ4n) is 3.88. The molecule has 1 aliphatic rings. The molecule has 1 aliphatic carbocycles. The third-order valence-electron chi connectivity index (χ3n) is 5.40. The Kier molecular flexibility index (Phi) is 6.47. The molecule has 0 aromatic heterocycles. The second-order valence-corrected chi connectivity index (χ2v) is 7.20. The van der Waals surface area contributed by atoms with E-state index >= 15 is 0 Å². The zero-order chi connectivity index (χ0) is 17.5. The first kappa shape index (κ1) is 17.9. The van der Waals surface area contributed by atoms with Gasteiger partial charge in [-0.05, 0) is 66.2 Å². The normalized spacial score (nSPS) is 20.9. The molecule has 1 heteroatoms. The average molecular weight is 335 g/mol. The molecule has 0 aliphatic heterocycles. The number of hydrogen-bond donors (Lipinski definition) is 0. The first-order valence-corrected chi connectivity index (χ1v) is 9.65. The first-order chi connectivity index (χ1) is 12.3. The third kappa shape index (κ3) is 4.83. The lowest BCUT2D eigenvalue weighted by Crippen LogP contribution is -2.11. The predicted octanol–water partition coefficient (Wildman–Crippen LogP) is 6.74. The van der Waals surface area contributed by atoms with Gasteiger partial charge in [-0.25, -0.2) is 0 Å². The van der Waals surface area contributed by atoms with Crippen molar-refractivity contribution in [1.29, 1.82) is 0 Å². The van der Waals surface area contributed by atoms with E-state index in [4.69, 9.17) is 4.74 Å². The van der Waals surface area contributed by atoms with Crippen molar-refractivity contribution in [3.05, 3.63) is 71.8 Å². The Morgan fingerprint density at radius 2 is 1.48 bits per heavy atom. The Morgan fingerprint density at radius 1 is 0.880 bits per heavy atom. The van der Waals surface area contributed by atoms with Crippen molar-refractivity contribution in [3.63, 3.8) is 0 Å². The molecule has 0 N–H and O–H groups in total. The second kappa shape index (κ2) is 9.01. The van der Waals surface area contributed by atoms with Crippen LogP contribution in [0.25, 0.3) is 11.1 Å². The largest absolute Gasteiger partial charge is 0.380 e. The molecular formula is C24H30O. The van der Waals surface area contributed by atoms with Crippen molar-refractivity contribution in [2.75, 3.05) is 7.11 Å². The third-order valence-corrected chi connectivity index (χ3v) is 5.40. The maximum atomic E-state index is 5.18. The van der Waals surface area contributed by atoms with Crippen molar-refractivity contribution in [3.8, 4) is 11.1 Å². The van der Waals surface area contributed by atoms with Gasteiger partial charge in [-0.15, -0.1) is 0 Å². The van der Waals surface area contributed by atoms with Gasteiger partial charge >= 0.3 is 0 Å². The maximum Gasteiger partial charge on any atom is 0.0713 e. The van der Waals surface area contributed by atoms with Gasteiger partial charge in [0.15, 0.2) is 0 Å². The van der Waals surface area contributed by atoms with Gasteiger partial charge in [0.05, 0.1) is 6.61 Å². The van der Waals surface area contributed by atoms with E-state index in [9.17, 15) is 0 Å². The Morgan fingerprint density at radius 3 is 2.04 bits per heavy atom. The van der Waals surface area contributed by atoms with Crippen LogP contribution in [0.3, 0.4) is 0 Å². The molecule has 0 heterocycles. The van der Waals surface area contributed by atoms with Crippen LogP contribution < -0.4 is 0 Å². The van der Waals surface area contributed by atoms with Crippen LogP contribution in [0.1, 0.15) is 56.1 Å². The molecule has 132 valence electrons. The van der Waals surface area contributed by atoms with Crippen molar-refractivity contribution < 1.29 is 4.74 Å².